The van der Waals surface area contributed by atoms with E-state index in [1.807, 2.05) is 12.1 Å². The highest BCUT2D eigenvalue weighted by molar-refractivity contribution is 8.00. The predicted molar refractivity (Wildman–Crippen MR) is 92.6 cm³/mol. The number of hydrogen-bond acceptors (Lipinski definition) is 2. The maximum absolute atomic E-state index is 2.18. The highest BCUT2D eigenvalue weighted by atomic mass is 32.2. The number of nitrogens with zero attached hydrogens (tertiary/aromatic N) is 1. The van der Waals surface area contributed by atoms with Crippen LogP contribution >= 0.6 is 11.9 Å². The Morgan fingerprint density at radius 1 is 0.619 bits per heavy atom. The normalized spacial score (nSPS) is 10.3. The maximum atomic E-state index is 2.18. The van der Waals surface area contributed by atoms with Crippen molar-refractivity contribution in [2.24, 2.45) is 0 Å². The smallest absolute Gasteiger partial charge is 0.0469 e. The second kappa shape index (κ2) is 6.51. The second-order valence-corrected chi connectivity index (χ2v) is 6.02. The van der Waals surface area contributed by atoms with E-state index in [9.17, 15) is 0 Å². The van der Waals surface area contributed by atoms with Gasteiger partial charge >= 0.3 is 0 Å². The van der Waals surface area contributed by atoms with Crippen molar-refractivity contribution in [3.05, 3.63) is 84.9 Å². The minimum absolute atomic E-state index is 1.20. The first-order chi connectivity index (χ1) is 10.3. The van der Waals surface area contributed by atoms with Gasteiger partial charge in [0.05, 0.1) is 0 Å². The molecule has 0 aliphatic heterocycles. The Balaban J connectivity index is 1.73. The van der Waals surface area contributed by atoms with Gasteiger partial charge < -0.3 is 4.31 Å². The molecule has 3 aromatic rings. The minimum Gasteiger partial charge on any atom is -0.315 e. The molecule has 0 unspecified atom stereocenters. The van der Waals surface area contributed by atoms with E-state index in [1.165, 1.54) is 21.7 Å². The van der Waals surface area contributed by atoms with Crippen molar-refractivity contribution in [1.82, 2.24) is 0 Å². The molecule has 0 saturated heterocycles. The van der Waals surface area contributed by atoms with Gasteiger partial charge in [-0.15, -0.1) is 0 Å². The van der Waals surface area contributed by atoms with Crippen LogP contribution in [0.3, 0.4) is 0 Å². The molecule has 3 aromatic carbocycles. The lowest BCUT2D eigenvalue weighted by atomic mass is 10.1. The minimum atomic E-state index is 1.20. The summed E-state index contributed by atoms with van der Waals surface area (Å²) in [7, 11) is 2.09. The van der Waals surface area contributed by atoms with E-state index in [2.05, 4.69) is 84.1 Å². The SMILES string of the molecule is CN(Sc1ccc(-c2ccccc2)cc1)c1ccccc1. The molecule has 0 heterocycles. The van der Waals surface area contributed by atoms with Gasteiger partial charge in [0.15, 0.2) is 0 Å². The molecule has 21 heavy (non-hydrogen) atoms. The average Bonchev–Trinajstić information content (AvgIpc) is 2.57. The van der Waals surface area contributed by atoms with Crippen LogP contribution in [0.4, 0.5) is 5.69 Å². The molecular formula is C19H17NS. The molecule has 3 rings (SSSR count). The van der Waals surface area contributed by atoms with Crippen molar-refractivity contribution in [2.45, 2.75) is 4.90 Å². The van der Waals surface area contributed by atoms with Gasteiger partial charge in [-0.1, -0.05) is 60.7 Å². The molecule has 104 valence electrons. The third-order valence-corrected chi connectivity index (χ3v) is 4.29. The van der Waals surface area contributed by atoms with Gasteiger partial charge in [0.25, 0.3) is 0 Å². The van der Waals surface area contributed by atoms with E-state index in [0.29, 0.717) is 0 Å². The molecule has 0 atom stereocenters. The van der Waals surface area contributed by atoms with Crippen LogP contribution in [0, 0.1) is 0 Å². The molecule has 0 aliphatic carbocycles. The Morgan fingerprint density at radius 2 is 1.14 bits per heavy atom. The number of para-hydroxylation sites is 1. The summed E-state index contributed by atoms with van der Waals surface area (Å²) < 4.78 is 2.18. The summed E-state index contributed by atoms with van der Waals surface area (Å²) in [5, 5.41) is 0. The van der Waals surface area contributed by atoms with E-state index in [4.69, 9.17) is 0 Å². The first kappa shape index (κ1) is 13.8. The summed E-state index contributed by atoms with van der Waals surface area (Å²) in [4.78, 5) is 1.24. The molecule has 0 aromatic heterocycles. The van der Waals surface area contributed by atoms with Crippen LogP contribution in [-0.2, 0) is 0 Å². The van der Waals surface area contributed by atoms with Crippen LogP contribution < -0.4 is 4.31 Å². The van der Waals surface area contributed by atoms with Gasteiger partial charge in [-0.2, -0.15) is 0 Å². The van der Waals surface area contributed by atoms with E-state index in [0.717, 1.165) is 0 Å². The highest BCUT2D eigenvalue weighted by Gasteiger charge is 2.03. The fraction of sp³-hybridized carbons (Fsp3) is 0.0526. The van der Waals surface area contributed by atoms with Crippen molar-refractivity contribution in [1.29, 1.82) is 0 Å². The van der Waals surface area contributed by atoms with Crippen molar-refractivity contribution < 1.29 is 0 Å². The lowest BCUT2D eigenvalue weighted by Crippen LogP contribution is -2.05. The van der Waals surface area contributed by atoms with Crippen LogP contribution in [0.15, 0.2) is 89.8 Å². The molecule has 0 spiro atoms. The Bertz CT molecular complexity index is 678. The summed E-state index contributed by atoms with van der Waals surface area (Å²) >= 11 is 1.73. The second-order valence-electron chi connectivity index (χ2n) is 4.81. The summed E-state index contributed by atoms with van der Waals surface area (Å²) in [6.07, 6.45) is 0. The Kier molecular flexibility index (Phi) is 4.27. The van der Waals surface area contributed by atoms with Crippen LogP contribution in [0.2, 0.25) is 0 Å². The maximum Gasteiger partial charge on any atom is 0.0469 e. The molecule has 2 heteroatoms. The van der Waals surface area contributed by atoms with Crippen molar-refractivity contribution in [2.75, 3.05) is 11.4 Å². The molecule has 0 amide bonds. The van der Waals surface area contributed by atoms with Crippen LogP contribution in [0.1, 0.15) is 0 Å². The van der Waals surface area contributed by atoms with E-state index < -0.39 is 0 Å². The molecule has 0 bridgehead atoms. The molecule has 0 saturated carbocycles. The van der Waals surface area contributed by atoms with Crippen molar-refractivity contribution in [3.8, 4) is 11.1 Å². The lowest BCUT2D eigenvalue weighted by molar-refractivity contribution is 1.33. The van der Waals surface area contributed by atoms with Crippen molar-refractivity contribution in [3.63, 3.8) is 0 Å². The van der Waals surface area contributed by atoms with Gasteiger partial charge in [0.2, 0.25) is 0 Å². The molecule has 0 N–H and O–H groups in total. The molecule has 0 aliphatic rings. The zero-order valence-corrected chi connectivity index (χ0v) is 12.8. The molecule has 1 nitrogen and oxygen atoms in total. The monoisotopic (exact) mass is 291 g/mol. The first-order valence-electron chi connectivity index (χ1n) is 6.95. The van der Waals surface area contributed by atoms with E-state index in [1.54, 1.807) is 11.9 Å². The third kappa shape index (κ3) is 3.47. The molecular weight excluding hydrogens is 274 g/mol. The summed E-state index contributed by atoms with van der Waals surface area (Å²) in [6.45, 7) is 0. The lowest BCUT2D eigenvalue weighted by Gasteiger charge is -2.17. The zero-order valence-electron chi connectivity index (χ0n) is 11.9. The van der Waals surface area contributed by atoms with E-state index in [-0.39, 0.29) is 0 Å². The number of rotatable bonds is 4. The average molecular weight is 291 g/mol. The quantitative estimate of drug-likeness (QED) is 0.584. The third-order valence-electron chi connectivity index (χ3n) is 3.32. The zero-order chi connectivity index (χ0) is 14.5. The van der Waals surface area contributed by atoms with Crippen molar-refractivity contribution >= 4 is 17.6 Å². The van der Waals surface area contributed by atoms with Gasteiger partial charge in [-0.05, 0) is 47.3 Å². The summed E-state index contributed by atoms with van der Waals surface area (Å²) in [5.74, 6) is 0. The predicted octanol–water partition coefficient (Wildman–Crippen LogP) is 5.50. The topological polar surface area (TPSA) is 3.24 Å². The van der Waals surface area contributed by atoms with Gasteiger partial charge in [0, 0.05) is 17.6 Å². The number of anilines is 1. The Hall–Kier alpha value is -2.19. The standard InChI is InChI=1S/C19H17NS/c1-20(18-10-6-3-7-11-18)21-19-14-12-17(13-15-19)16-8-4-2-5-9-16/h2-15H,1H3. The van der Waals surface area contributed by atoms with Gasteiger partial charge in [0.1, 0.15) is 0 Å². The number of hydrogen-bond donors (Lipinski definition) is 0. The number of benzene rings is 3. The summed E-state index contributed by atoms with van der Waals surface area (Å²) in [5.41, 5.74) is 3.71. The van der Waals surface area contributed by atoms with E-state index >= 15 is 0 Å². The highest BCUT2D eigenvalue weighted by Crippen LogP contribution is 2.28. The molecule has 0 fully saturated rings. The largest absolute Gasteiger partial charge is 0.315 e. The molecule has 0 radical (unpaired) electrons. The van der Waals surface area contributed by atoms with Gasteiger partial charge in [-0.3, -0.25) is 0 Å². The van der Waals surface area contributed by atoms with Crippen LogP contribution in [-0.4, -0.2) is 7.05 Å². The van der Waals surface area contributed by atoms with Gasteiger partial charge in [-0.25, -0.2) is 0 Å². The summed E-state index contributed by atoms with van der Waals surface area (Å²) in [6, 6.07) is 29.6. The Labute approximate surface area is 130 Å². The van der Waals surface area contributed by atoms with Crippen LogP contribution in [0.5, 0.6) is 0 Å². The fourth-order valence-corrected chi connectivity index (χ4v) is 2.99. The first-order valence-corrected chi connectivity index (χ1v) is 7.72. The Morgan fingerprint density at radius 3 is 1.76 bits per heavy atom. The van der Waals surface area contributed by atoms with Crippen LogP contribution in [0.25, 0.3) is 11.1 Å². The fourth-order valence-electron chi connectivity index (χ4n) is 2.19.